The summed E-state index contributed by atoms with van der Waals surface area (Å²) in [5.41, 5.74) is 6.75. The zero-order valence-corrected chi connectivity index (χ0v) is 19.7. The number of nitrogens with one attached hydrogen (secondary N) is 2. The summed E-state index contributed by atoms with van der Waals surface area (Å²) in [6.07, 6.45) is 7.65. The zero-order chi connectivity index (χ0) is 24.7. The summed E-state index contributed by atoms with van der Waals surface area (Å²) in [6, 6.07) is 11.2. The van der Waals surface area contributed by atoms with Crippen LogP contribution < -0.4 is 15.6 Å². The molecule has 0 atom stereocenters. The molecule has 0 aliphatic carbocycles. The average molecular weight is 506 g/mol. The second-order valence-electron chi connectivity index (χ2n) is 7.79. The molecule has 4 heterocycles. The Morgan fingerprint density at radius 1 is 0.972 bits per heavy atom. The van der Waals surface area contributed by atoms with Crippen LogP contribution in [-0.2, 0) is 4.74 Å². The van der Waals surface area contributed by atoms with Crippen LogP contribution in [0.2, 0.25) is 5.02 Å². The summed E-state index contributed by atoms with van der Waals surface area (Å²) in [7, 11) is 0. The molecule has 2 N–H and O–H groups in total. The van der Waals surface area contributed by atoms with Gasteiger partial charge in [0.1, 0.15) is 0 Å². The predicted octanol–water partition coefficient (Wildman–Crippen LogP) is 4.15. The van der Waals surface area contributed by atoms with E-state index in [0.29, 0.717) is 37.0 Å². The van der Waals surface area contributed by atoms with Gasteiger partial charge < -0.3 is 15.0 Å². The van der Waals surface area contributed by atoms with E-state index in [1.807, 2.05) is 35.2 Å². The van der Waals surface area contributed by atoms with E-state index in [-0.39, 0.29) is 11.8 Å². The molecule has 1 fully saturated rings. The number of nitrogens with zero attached hydrogens (tertiary/aromatic N) is 7. The van der Waals surface area contributed by atoms with Crippen molar-refractivity contribution in [1.29, 1.82) is 0 Å². The largest absolute Gasteiger partial charge is 0.378 e. The third-order valence-electron chi connectivity index (χ3n) is 5.29. The van der Waals surface area contributed by atoms with Crippen molar-refractivity contribution in [3.05, 3.63) is 77.7 Å². The highest BCUT2D eigenvalue weighted by atomic mass is 35.5. The van der Waals surface area contributed by atoms with Crippen LogP contribution in [0.5, 0.6) is 0 Å². The molecule has 3 aromatic heterocycles. The molecule has 1 aliphatic rings. The first-order chi connectivity index (χ1) is 17.6. The van der Waals surface area contributed by atoms with Crippen molar-refractivity contribution in [2.75, 3.05) is 41.9 Å². The van der Waals surface area contributed by atoms with E-state index in [0.717, 1.165) is 28.7 Å². The number of aromatic nitrogens is 5. The molecule has 0 saturated carbocycles. The van der Waals surface area contributed by atoms with E-state index < -0.39 is 5.82 Å². The predicted molar refractivity (Wildman–Crippen MR) is 136 cm³/mol. The second kappa shape index (κ2) is 11.0. The number of pyridine rings is 1. The van der Waals surface area contributed by atoms with Gasteiger partial charge in [-0.2, -0.15) is 20.3 Å². The SMILES string of the molecule is Fc1cnc(N/N=C/c2ccc(Nc3cc(Cl)cc(-c4ccnnc4)c3)cn2)nc1N1CCOCC1. The number of morpholine rings is 1. The van der Waals surface area contributed by atoms with E-state index >= 15 is 0 Å². The van der Waals surface area contributed by atoms with Gasteiger partial charge in [-0.3, -0.25) is 4.98 Å². The Kier molecular flexibility index (Phi) is 7.20. The van der Waals surface area contributed by atoms with E-state index in [1.165, 1.54) is 6.21 Å². The fourth-order valence-corrected chi connectivity index (χ4v) is 3.81. The maximum Gasteiger partial charge on any atom is 0.245 e. The first-order valence-corrected chi connectivity index (χ1v) is 11.5. The molecular formula is C24H21ClFN9O. The lowest BCUT2D eigenvalue weighted by Crippen LogP contribution is -2.37. The highest BCUT2D eigenvalue weighted by Gasteiger charge is 2.17. The normalized spacial score (nSPS) is 13.7. The molecule has 12 heteroatoms. The summed E-state index contributed by atoms with van der Waals surface area (Å²) >= 11 is 6.31. The van der Waals surface area contributed by atoms with Gasteiger partial charge in [-0.15, -0.1) is 0 Å². The van der Waals surface area contributed by atoms with E-state index in [1.54, 1.807) is 24.7 Å². The maximum atomic E-state index is 14.2. The molecule has 5 rings (SSSR count). The van der Waals surface area contributed by atoms with Crippen molar-refractivity contribution in [3.8, 4) is 11.1 Å². The number of ether oxygens (including phenoxy) is 1. The standard InChI is InChI=1S/C24H21ClFN9O/c25-18-9-17(16-3-4-29-30-12-16)10-21(11-18)32-20-2-1-19(27-13-20)14-31-34-24-28-15-22(26)23(33-24)35-5-7-36-8-6-35/h1-4,9-15,32H,5-8H2,(H,28,33,34)/b31-14+. The maximum absolute atomic E-state index is 14.2. The Labute approximate surface area is 211 Å². The number of hydrogen-bond acceptors (Lipinski definition) is 10. The highest BCUT2D eigenvalue weighted by Crippen LogP contribution is 2.28. The van der Waals surface area contributed by atoms with Gasteiger partial charge in [0, 0.05) is 29.4 Å². The monoisotopic (exact) mass is 505 g/mol. The van der Waals surface area contributed by atoms with Gasteiger partial charge in [0.25, 0.3) is 0 Å². The molecule has 1 aliphatic heterocycles. The molecule has 0 spiro atoms. The van der Waals surface area contributed by atoms with Crippen LogP contribution in [0.1, 0.15) is 5.69 Å². The molecule has 0 unspecified atom stereocenters. The molecule has 36 heavy (non-hydrogen) atoms. The van der Waals surface area contributed by atoms with Gasteiger partial charge in [0.2, 0.25) is 5.95 Å². The van der Waals surface area contributed by atoms with Gasteiger partial charge in [-0.1, -0.05) is 11.6 Å². The third kappa shape index (κ3) is 5.88. The fraction of sp³-hybridized carbons (Fsp3) is 0.167. The minimum Gasteiger partial charge on any atom is -0.378 e. The molecule has 0 amide bonds. The molecule has 10 nitrogen and oxygen atoms in total. The molecule has 1 aromatic carbocycles. The molecular weight excluding hydrogens is 485 g/mol. The minimum atomic E-state index is -0.486. The number of halogens is 2. The molecule has 0 radical (unpaired) electrons. The lowest BCUT2D eigenvalue weighted by atomic mass is 10.1. The van der Waals surface area contributed by atoms with Crippen molar-refractivity contribution in [2.45, 2.75) is 0 Å². The molecule has 4 aromatic rings. The van der Waals surface area contributed by atoms with Crippen molar-refractivity contribution in [3.63, 3.8) is 0 Å². The fourth-order valence-electron chi connectivity index (χ4n) is 3.58. The minimum absolute atomic E-state index is 0.189. The van der Waals surface area contributed by atoms with Crippen molar-refractivity contribution < 1.29 is 9.13 Å². The van der Waals surface area contributed by atoms with Crippen molar-refractivity contribution >= 4 is 41.0 Å². The van der Waals surface area contributed by atoms with Crippen LogP contribution in [0.25, 0.3) is 11.1 Å². The van der Waals surface area contributed by atoms with Crippen LogP contribution in [0.3, 0.4) is 0 Å². The Balaban J connectivity index is 1.22. The number of benzene rings is 1. The van der Waals surface area contributed by atoms with Gasteiger partial charge in [0.15, 0.2) is 11.6 Å². The number of hydrogen-bond donors (Lipinski definition) is 2. The van der Waals surface area contributed by atoms with E-state index in [2.05, 4.69) is 41.0 Å². The Morgan fingerprint density at radius 2 is 1.86 bits per heavy atom. The van der Waals surface area contributed by atoms with E-state index in [4.69, 9.17) is 16.3 Å². The summed E-state index contributed by atoms with van der Waals surface area (Å²) < 4.78 is 19.5. The van der Waals surface area contributed by atoms with Crippen molar-refractivity contribution in [2.24, 2.45) is 5.10 Å². The van der Waals surface area contributed by atoms with E-state index in [9.17, 15) is 4.39 Å². The van der Waals surface area contributed by atoms with Gasteiger partial charge >= 0.3 is 0 Å². The lowest BCUT2D eigenvalue weighted by molar-refractivity contribution is 0.122. The molecule has 1 saturated heterocycles. The van der Waals surface area contributed by atoms with Gasteiger partial charge in [-0.05, 0) is 42.0 Å². The average Bonchev–Trinajstić information content (AvgIpc) is 2.91. The van der Waals surface area contributed by atoms with Crippen LogP contribution in [0.4, 0.5) is 27.5 Å². The summed E-state index contributed by atoms with van der Waals surface area (Å²) in [4.78, 5) is 14.4. The van der Waals surface area contributed by atoms with Crippen LogP contribution in [0.15, 0.2) is 66.3 Å². The van der Waals surface area contributed by atoms with Crippen LogP contribution in [-0.4, -0.2) is 57.7 Å². The summed E-state index contributed by atoms with van der Waals surface area (Å²) in [5, 5.41) is 15.7. The van der Waals surface area contributed by atoms with Crippen LogP contribution in [0, 0.1) is 5.82 Å². The second-order valence-corrected chi connectivity index (χ2v) is 8.23. The Morgan fingerprint density at radius 3 is 2.64 bits per heavy atom. The Bertz CT molecular complexity index is 1350. The molecule has 0 bridgehead atoms. The summed E-state index contributed by atoms with van der Waals surface area (Å²) in [5.74, 6) is -0.0713. The highest BCUT2D eigenvalue weighted by molar-refractivity contribution is 6.31. The lowest BCUT2D eigenvalue weighted by Gasteiger charge is -2.27. The molecule has 182 valence electrons. The topological polar surface area (TPSA) is 113 Å². The third-order valence-corrected chi connectivity index (χ3v) is 5.51. The number of anilines is 4. The quantitative estimate of drug-likeness (QED) is 0.282. The van der Waals surface area contributed by atoms with Crippen LogP contribution >= 0.6 is 11.6 Å². The zero-order valence-electron chi connectivity index (χ0n) is 19.0. The first-order valence-electron chi connectivity index (χ1n) is 11.1. The first kappa shape index (κ1) is 23.5. The van der Waals surface area contributed by atoms with Crippen molar-refractivity contribution in [1.82, 2.24) is 25.1 Å². The number of hydrazone groups is 1. The Hall–Kier alpha value is -4.22. The van der Waals surface area contributed by atoms with Gasteiger partial charge in [0.05, 0.1) is 55.6 Å². The number of rotatable bonds is 7. The smallest absolute Gasteiger partial charge is 0.245 e. The summed E-state index contributed by atoms with van der Waals surface area (Å²) in [6.45, 7) is 2.19. The van der Waals surface area contributed by atoms with Gasteiger partial charge in [-0.25, -0.2) is 14.8 Å².